The number of hydrogen-bond donors (Lipinski definition) is 2. The van der Waals surface area contributed by atoms with E-state index >= 15 is 0 Å². The van der Waals surface area contributed by atoms with E-state index in [0.717, 1.165) is 43.4 Å². The van der Waals surface area contributed by atoms with Gasteiger partial charge in [0.25, 0.3) is 0 Å². The lowest BCUT2D eigenvalue weighted by atomic mass is 10.1. The second kappa shape index (κ2) is 8.76. The summed E-state index contributed by atoms with van der Waals surface area (Å²) >= 11 is 0. The first-order chi connectivity index (χ1) is 14.7. The molecular formula is C26H20MgN2O2. The molecule has 5 heteroatoms. The summed E-state index contributed by atoms with van der Waals surface area (Å²) in [6, 6.07) is 26.8. The Balaban J connectivity index is 0.000000144. The van der Waals surface area contributed by atoms with Crippen LogP contribution < -0.4 is 0 Å². The maximum Gasteiger partial charge on any atom is 0.316 e. The van der Waals surface area contributed by atoms with E-state index in [-0.39, 0.29) is 34.6 Å². The molecule has 0 atom stereocenters. The van der Waals surface area contributed by atoms with Crippen molar-refractivity contribution in [2.75, 3.05) is 0 Å². The topological polar surface area (TPSA) is 66.2 Å². The van der Waals surface area contributed by atoms with Gasteiger partial charge in [-0.25, -0.2) is 0 Å². The molecule has 4 aromatic carbocycles. The van der Waals surface area contributed by atoms with Crippen LogP contribution in [0.15, 0.2) is 97.3 Å². The zero-order valence-electron chi connectivity index (χ0n) is 16.0. The number of pyridine rings is 2. The first-order valence-corrected chi connectivity index (χ1v) is 9.63. The first-order valence-electron chi connectivity index (χ1n) is 9.63. The molecule has 0 bridgehead atoms. The van der Waals surface area contributed by atoms with Crippen molar-refractivity contribution >= 4 is 66.4 Å². The van der Waals surface area contributed by atoms with Crippen molar-refractivity contribution in [1.82, 2.24) is 9.97 Å². The fourth-order valence-corrected chi connectivity index (χ4v) is 3.79. The Morgan fingerprint density at radius 1 is 0.452 bits per heavy atom. The number of rotatable bonds is 0. The van der Waals surface area contributed by atoms with Gasteiger partial charge in [0.1, 0.15) is 11.5 Å². The third-order valence-electron chi connectivity index (χ3n) is 5.19. The SMILES string of the molecule is Oc1cccc2ccc3cccnc3c12.Oc1cccc2ccc3cccnc3c12.[MgH2]. The Morgan fingerprint density at radius 2 is 0.839 bits per heavy atom. The highest BCUT2D eigenvalue weighted by molar-refractivity contribution is 6.09. The summed E-state index contributed by atoms with van der Waals surface area (Å²) in [5.74, 6) is 0.577. The number of aromatic nitrogens is 2. The monoisotopic (exact) mass is 416 g/mol. The van der Waals surface area contributed by atoms with Crippen LogP contribution in [-0.2, 0) is 0 Å². The number of phenolic OH excluding ortho intramolecular Hbond substituents is 2. The van der Waals surface area contributed by atoms with Crippen LogP contribution in [0.3, 0.4) is 0 Å². The molecule has 31 heavy (non-hydrogen) atoms. The summed E-state index contributed by atoms with van der Waals surface area (Å²) in [6.45, 7) is 0. The van der Waals surface area contributed by atoms with Crippen LogP contribution in [0, 0.1) is 0 Å². The van der Waals surface area contributed by atoms with Crippen molar-refractivity contribution in [3.05, 3.63) is 97.3 Å². The van der Waals surface area contributed by atoms with Gasteiger partial charge in [-0.1, -0.05) is 60.7 Å². The van der Waals surface area contributed by atoms with Crippen molar-refractivity contribution in [1.29, 1.82) is 0 Å². The van der Waals surface area contributed by atoms with Crippen molar-refractivity contribution in [3.63, 3.8) is 0 Å². The minimum absolute atomic E-state index is 0. The van der Waals surface area contributed by atoms with Crippen LogP contribution >= 0.6 is 0 Å². The minimum Gasteiger partial charge on any atom is -0.507 e. The number of aromatic hydroxyl groups is 2. The fourth-order valence-electron chi connectivity index (χ4n) is 3.79. The highest BCUT2D eigenvalue weighted by atomic mass is 24.3. The van der Waals surface area contributed by atoms with Crippen LogP contribution in [0.4, 0.5) is 0 Å². The molecule has 0 saturated heterocycles. The Labute approximate surface area is 195 Å². The smallest absolute Gasteiger partial charge is 0.316 e. The van der Waals surface area contributed by atoms with Crippen LogP contribution in [0.1, 0.15) is 0 Å². The van der Waals surface area contributed by atoms with E-state index in [1.165, 1.54) is 0 Å². The van der Waals surface area contributed by atoms with E-state index in [2.05, 4.69) is 9.97 Å². The summed E-state index contributed by atoms with van der Waals surface area (Å²) < 4.78 is 0. The number of fused-ring (bicyclic) bond motifs is 6. The molecule has 0 saturated carbocycles. The lowest BCUT2D eigenvalue weighted by Gasteiger charge is -2.04. The highest BCUT2D eigenvalue weighted by Gasteiger charge is 2.05. The van der Waals surface area contributed by atoms with E-state index in [9.17, 15) is 10.2 Å². The molecule has 4 nitrogen and oxygen atoms in total. The molecule has 6 aromatic rings. The molecule has 0 spiro atoms. The van der Waals surface area contributed by atoms with Gasteiger partial charge in [-0.15, -0.1) is 0 Å². The van der Waals surface area contributed by atoms with Gasteiger partial charge in [0, 0.05) is 33.9 Å². The first kappa shape index (κ1) is 20.8. The summed E-state index contributed by atoms with van der Waals surface area (Å²) in [6.07, 6.45) is 3.49. The predicted octanol–water partition coefficient (Wildman–Crippen LogP) is 5.27. The Morgan fingerprint density at radius 3 is 1.29 bits per heavy atom. The molecular weight excluding hydrogens is 397 g/mol. The van der Waals surface area contributed by atoms with Crippen LogP contribution in [-0.4, -0.2) is 43.2 Å². The highest BCUT2D eigenvalue weighted by Crippen LogP contribution is 2.31. The molecule has 2 aromatic heterocycles. The minimum atomic E-state index is 0. The third kappa shape index (κ3) is 3.85. The van der Waals surface area contributed by atoms with Crippen molar-refractivity contribution in [2.45, 2.75) is 0 Å². The average Bonchev–Trinajstić information content (AvgIpc) is 2.79. The van der Waals surface area contributed by atoms with Gasteiger partial charge in [-0.05, 0) is 35.0 Å². The van der Waals surface area contributed by atoms with E-state index in [0.29, 0.717) is 0 Å². The summed E-state index contributed by atoms with van der Waals surface area (Å²) in [7, 11) is 0. The quantitative estimate of drug-likeness (QED) is 0.261. The number of phenols is 2. The van der Waals surface area contributed by atoms with Gasteiger partial charge in [0.15, 0.2) is 0 Å². The molecule has 0 aliphatic carbocycles. The molecule has 0 unspecified atom stereocenters. The molecule has 0 radical (unpaired) electrons. The normalized spacial score (nSPS) is 10.6. The Bertz CT molecular complexity index is 1420. The van der Waals surface area contributed by atoms with Gasteiger partial charge in [-0.2, -0.15) is 0 Å². The van der Waals surface area contributed by atoms with Gasteiger partial charge in [0.2, 0.25) is 0 Å². The summed E-state index contributed by atoms with van der Waals surface area (Å²) in [5, 5.41) is 25.4. The Kier molecular flexibility index (Phi) is 5.89. The predicted molar refractivity (Wildman–Crippen MR) is 130 cm³/mol. The molecule has 148 valence electrons. The average molecular weight is 417 g/mol. The van der Waals surface area contributed by atoms with Crippen LogP contribution in [0.25, 0.3) is 43.4 Å². The number of hydrogen-bond acceptors (Lipinski definition) is 4. The Hall–Kier alpha value is -3.41. The molecule has 0 aliphatic rings. The lowest BCUT2D eigenvalue weighted by molar-refractivity contribution is 0.481. The lowest BCUT2D eigenvalue weighted by Crippen LogP contribution is -1.81. The van der Waals surface area contributed by atoms with Crippen LogP contribution in [0.2, 0.25) is 0 Å². The standard InChI is InChI=1S/2C13H9NO.Mg.2H/c2*15-11-5-1-3-9-6-7-10-4-2-8-14-13(10)12(9)11;;;/h2*1-8,15H;;;. The maximum absolute atomic E-state index is 9.83. The maximum atomic E-state index is 9.83. The van der Waals surface area contributed by atoms with Gasteiger partial charge in [-0.3, -0.25) is 9.97 Å². The fraction of sp³-hybridized carbons (Fsp3) is 0. The van der Waals surface area contributed by atoms with E-state index < -0.39 is 0 Å². The van der Waals surface area contributed by atoms with Gasteiger partial charge in [0.05, 0.1) is 11.0 Å². The van der Waals surface area contributed by atoms with Crippen molar-refractivity contribution in [2.24, 2.45) is 0 Å². The summed E-state index contributed by atoms with van der Waals surface area (Å²) in [4.78, 5) is 8.62. The molecule has 0 aliphatic heterocycles. The second-order valence-corrected chi connectivity index (χ2v) is 7.03. The molecule has 2 heterocycles. The van der Waals surface area contributed by atoms with E-state index in [1.807, 2.05) is 72.8 Å². The zero-order valence-corrected chi connectivity index (χ0v) is 16.0. The molecule has 6 rings (SSSR count). The number of nitrogens with zero attached hydrogens (tertiary/aromatic N) is 2. The largest absolute Gasteiger partial charge is 0.507 e. The van der Waals surface area contributed by atoms with E-state index in [4.69, 9.17) is 0 Å². The number of benzene rings is 4. The molecule has 0 amide bonds. The molecule has 0 fully saturated rings. The molecule has 2 N–H and O–H groups in total. The summed E-state index contributed by atoms with van der Waals surface area (Å²) in [5.41, 5.74) is 1.71. The van der Waals surface area contributed by atoms with Gasteiger partial charge < -0.3 is 10.2 Å². The van der Waals surface area contributed by atoms with Crippen molar-refractivity contribution < 1.29 is 10.2 Å². The third-order valence-corrected chi connectivity index (χ3v) is 5.19. The van der Waals surface area contributed by atoms with Crippen LogP contribution in [0.5, 0.6) is 11.5 Å². The van der Waals surface area contributed by atoms with Gasteiger partial charge >= 0.3 is 23.1 Å². The zero-order chi connectivity index (χ0) is 20.5. The second-order valence-electron chi connectivity index (χ2n) is 7.03. The van der Waals surface area contributed by atoms with E-state index in [1.54, 1.807) is 24.5 Å². The van der Waals surface area contributed by atoms with Crippen molar-refractivity contribution in [3.8, 4) is 11.5 Å².